The number of nitrogens with two attached hydrogens (primary N) is 1. The van der Waals surface area contributed by atoms with Crippen LogP contribution in [0.4, 0.5) is 0 Å². The van der Waals surface area contributed by atoms with Crippen molar-refractivity contribution in [3.8, 4) is 0 Å². The van der Waals surface area contributed by atoms with Gasteiger partial charge in [0.2, 0.25) is 0 Å². The standard InChI is InChI=1S/C4H9N.C4H4O4/c5-4-2-1-3-4;5-3(6)1-2-4(7)8/h4H,1-3,5H2;1-2H,(H,5,6)(H,7,8)/b;2-1-. The first-order valence-corrected chi connectivity index (χ1v) is 3.92. The first-order valence-electron chi connectivity index (χ1n) is 3.92. The summed E-state index contributed by atoms with van der Waals surface area (Å²) in [5.41, 5.74) is 5.38. The Bertz CT molecular complexity index is 192. The fourth-order valence-electron chi connectivity index (χ4n) is 0.582. The van der Waals surface area contributed by atoms with Gasteiger partial charge in [0.1, 0.15) is 0 Å². The molecule has 0 aliphatic heterocycles. The van der Waals surface area contributed by atoms with Crippen LogP contribution in [0.5, 0.6) is 0 Å². The van der Waals surface area contributed by atoms with E-state index in [4.69, 9.17) is 15.9 Å². The highest BCUT2D eigenvalue weighted by Gasteiger charge is 2.09. The second-order valence-corrected chi connectivity index (χ2v) is 2.70. The molecule has 0 unspecified atom stereocenters. The molecule has 0 aromatic heterocycles. The van der Waals surface area contributed by atoms with E-state index >= 15 is 0 Å². The summed E-state index contributed by atoms with van der Waals surface area (Å²) in [5, 5.41) is 15.6. The molecule has 4 N–H and O–H groups in total. The molecule has 1 aliphatic rings. The molecule has 0 spiro atoms. The second-order valence-electron chi connectivity index (χ2n) is 2.70. The van der Waals surface area contributed by atoms with Crippen LogP contribution in [0.25, 0.3) is 0 Å². The first-order chi connectivity index (χ1) is 6.02. The molecule has 0 aromatic carbocycles. The fourth-order valence-corrected chi connectivity index (χ4v) is 0.582. The summed E-state index contributed by atoms with van der Waals surface area (Å²) in [6.45, 7) is 0. The Morgan fingerprint density at radius 3 is 1.54 bits per heavy atom. The minimum Gasteiger partial charge on any atom is -0.478 e. The predicted octanol–water partition coefficient (Wildman–Crippen LogP) is 0.209. The average molecular weight is 187 g/mol. The van der Waals surface area contributed by atoms with E-state index in [1.165, 1.54) is 19.3 Å². The minimum absolute atomic E-state index is 0.558. The molecule has 0 radical (unpaired) electrons. The molecular formula is C8H13NO4. The van der Waals surface area contributed by atoms with Crippen molar-refractivity contribution in [1.82, 2.24) is 0 Å². The van der Waals surface area contributed by atoms with Gasteiger partial charge < -0.3 is 15.9 Å². The van der Waals surface area contributed by atoms with Gasteiger partial charge in [0.15, 0.2) is 0 Å². The Kier molecular flexibility index (Phi) is 5.54. The van der Waals surface area contributed by atoms with Gasteiger partial charge in [-0.25, -0.2) is 9.59 Å². The average Bonchev–Trinajstić information content (AvgIpc) is 1.98. The van der Waals surface area contributed by atoms with Crippen LogP contribution in [0.15, 0.2) is 12.2 Å². The van der Waals surface area contributed by atoms with E-state index < -0.39 is 11.9 Å². The molecule has 1 saturated carbocycles. The van der Waals surface area contributed by atoms with Crippen LogP contribution in [-0.4, -0.2) is 28.2 Å². The van der Waals surface area contributed by atoms with Gasteiger partial charge in [-0.15, -0.1) is 0 Å². The maximum atomic E-state index is 9.55. The SMILES string of the molecule is NC1CCC1.O=C(O)/C=C\C(=O)O. The number of hydrogen-bond acceptors (Lipinski definition) is 3. The summed E-state index contributed by atoms with van der Waals surface area (Å²) in [5.74, 6) is -2.51. The van der Waals surface area contributed by atoms with Gasteiger partial charge in [0.05, 0.1) is 0 Å². The molecule has 5 nitrogen and oxygen atoms in total. The van der Waals surface area contributed by atoms with Crippen LogP contribution in [0.2, 0.25) is 0 Å². The smallest absolute Gasteiger partial charge is 0.328 e. The minimum atomic E-state index is -1.26. The summed E-state index contributed by atoms with van der Waals surface area (Å²) in [4.78, 5) is 19.1. The number of hydrogen-bond donors (Lipinski definition) is 3. The van der Waals surface area contributed by atoms with Gasteiger partial charge in [-0.05, 0) is 12.8 Å². The number of carboxylic acid groups (broad SMARTS) is 2. The predicted molar refractivity (Wildman–Crippen MR) is 46.2 cm³/mol. The quantitative estimate of drug-likeness (QED) is 0.536. The van der Waals surface area contributed by atoms with E-state index in [-0.39, 0.29) is 0 Å². The van der Waals surface area contributed by atoms with Gasteiger partial charge in [-0.3, -0.25) is 0 Å². The Morgan fingerprint density at radius 1 is 1.15 bits per heavy atom. The van der Waals surface area contributed by atoms with Crippen molar-refractivity contribution in [3.63, 3.8) is 0 Å². The van der Waals surface area contributed by atoms with Crippen molar-refractivity contribution < 1.29 is 19.8 Å². The lowest BCUT2D eigenvalue weighted by Gasteiger charge is -2.18. The molecule has 0 aromatic rings. The largest absolute Gasteiger partial charge is 0.478 e. The molecule has 1 fully saturated rings. The summed E-state index contributed by atoms with van der Waals surface area (Å²) in [6.07, 6.45) is 5.01. The summed E-state index contributed by atoms with van der Waals surface area (Å²) in [7, 11) is 0. The molecule has 1 rings (SSSR count). The highest BCUT2D eigenvalue weighted by molar-refractivity contribution is 5.89. The maximum absolute atomic E-state index is 9.55. The third-order valence-electron chi connectivity index (χ3n) is 1.52. The Labute approximate surface area is 75.9 Å². The van der Waals surface area contributed by atoms with Crippen molar-refractivity contribution >= 4 is 11.9 Å². The van der Waals surface area contributed by atoms with Crippen LogP contribution in [0, 0.1) is 0 Å². The van der Waals surface area contributed by atoms with Crippen molar-refractivity contribution in [2.75, 3.05) is 0 Å². The van der Waals surface area contributed by atoms with E-state index in [1.54, 1.807) is 0 Å². The van der Waals surface area contributed by atoms with Crippen LogP contribution < -0.4 is 5.73 Å². The molecule has 0 heterocycles. The lowest BCUT2D eigenvalue weighted by molar-refractivity contribution is -0.134. The van der Waals surface area contributed by atoms with E-state index in [1.807, 2.05) is 0 Å². The highest BCUT2D eigenvalue weighted by atomic mass is 16.4. The van der Waals surface area contributed by atoms with Gasteiger partial charge in [0.25, 0.3) is 0 Å². The molecular weight excluding hydrogens is 174 g/mol. The molecule has 1 aliphatic carbocycles. The first kappa shape index (κ1) is 11.6. The van der Waals surface area contributed by atoms with E-state index in [2.05, 4.69) is 0 Å². The third kappa shape index (κ3) is 8.55. The molecule has 0 saturated heterocycles. The lowest BCUT2D eigenvalue weighted by Crippen LogP contribution is -2.27. The van der Waals surface area contributed by atoms with E-state index in [0.29, 0.717) is 18.2 Å². The lowest BCUT2D eigenvalue weighted by atomic mass is 9.95. The maximum Gasteiger partial charge on any atom is 0.328 e. The molecule has 0 bridgehead atoms. The Morgan fingerprint density at radius 2 is 1.46 bits per heavy atom. The number of rotatable bonds is 2. The van der Waals surface area contributed by atoms with Crippen molar-refractivity contribution in [3.05, 3.63) is 12.2 Å². The van der Waals surface area contributed by atoms with Gasteiger partial charge >= 0.3 is 11.9 Å². The summed E-state index contributed by atoms with van der Waals surface area (Å²) in [6, 6.07) is 0.565. The second kappa shape index (κ2) is 6.19. The normalized spacial score (nSPS) is 15.8. The zero-order chi connectivity index (χ0) is 10.3. The van der Waals surface area contributed by atoms with Gasteiger partial charge in [0, 0.05) is 18.2 Å². The molecule has 5 heteroatoms. The van der Waals surface area contributed by atoms with Crippen molar-refractivity contribution in [2.24, 2.45) is 5.73 Å². The van der Waals surface area contributed by atoms with Crippen LogP contribution >= 0.6 is 0 Å². The van der Waals surface area contributed by atoms with Gasteiger partial charge in [-0.2, -0.15) is 0 Å². The number of aliphatic carboxylic acids is 2. The number of carbonyl (C=O) groups is 2. The highest BCUT2D eigenvalue weighted by Crippen LogP contribution is 2.14. The molecule has 74 valence electrons. The summed E-state index contributed by atoms with van der Waals surface area (Å²) >= 11 is 0. The Balaban J connectivity index is 0.000000243. The van der Waals surface area contributed by atoms with Crippen LogP contribution in [0.3, 0.4) is 0 Å². The van der Waals surface area contributed by atoms with Crippen molar-refractivity contribution in [2.45, 2.75) is 25.3 Å². The molecule has 13 heavy (non-hydrogen) atoms. The van der Waals surface area contributed by atoms with E-state index in [0.717, 1.165) is 0 Å². The van der Waals surface area contributed by atoms with E-state index in [9.17, 15) is 9.59 Å². The zero-order valence-electron chi connectivity index (χ0n) is 7.14. The zero-order valence-corrected chi connectivity index (χ0v) is 7.14. The van der Waals surface area contributed by atoms with Crippen LogP contribution in [-0.2, 0) is 9.59 Å². The summed E-state index contributed by atoms with van der Waals surface area (Å²) < 4.78 is 0. The fraction of sp³-hybridized carbons (Fsp3) is 0.500. The topological polar surface area (TPSA) is 101 Å². The molecule has 0 atom stereocenters. The third-order valence-corrected chi connectivity index (χ3v) is 1.52. The number of carboxylic acids is 2. The van der Waals surface area contributed by atoms with Crippen LogP contribution in [0.1, 0.15) is 19.3 Å². The Hall–Kier alpha value is -1.36. The van der Waals surface area contributed by atoms with Gasteiger partial charge in [-0.1, -0.05) is 6.42 Å². The monoisotopic (exact) mass is 187 g/mol. The van der Waals surface area contributed by atoms with Crippen molar-refractivity contribution in [1.29, 1.82) is 0 Å². The molecule has 0 amide bonds.